The van der Waals surface area contributed by atoms with Crippen LogP contribution in [0, 0.1) is 17.3 Å². The summed E-state index contributed by atoms with van der Waals surface area (Å²) in [6, 6.07) is 0. The molecular formula is C19H16F16O2. The summed E-state index contributed by atoms with van der Waals surface area (Å²) in [5.41, 5.74) is -3.15. The molecule has 0 heterocycles. The maximum absolute atomic E-state index is 13.9. The molecule has 2 rings (SSSR count). The van der Waals surface area contributed by atoms with E-state index in [2.05, 4.69) is 4.74 Å². The molecule has 3 unspecified atom stereocenters. The number of halogens is 16. The van der Waals surface area contributed by atoms with E-state index in [4.69, 9.17) is 0 Å². The largest absolute Gasteiger partial charge is 0.465 e. The first-order valence-electron chi connectivity index (χ1n) is 10.1. The summed E-state index contributed by atoms with van der Waals surface area (Å²) in [5, 5.41) is 0. The van der Waals surface area contributed by atoms with Crippen molar-refractivity contribution >= 4 is 5.97 Å². The van der Waals surface area contributed by atoms with Crippen molar-refractivity contribution in [2.24, 2.45) is 17.3 Å². The molecule has 0 amide bonds. The third-order valence-corrected chi connectivity index (χ3v) is 6.22. The van der Waals surface area contributed by atoms with E-state index in [0.29, 0.717) is 0 Å². The smallest absolute Gasteiger partial charge is 0.453 e. The molecule has 0 aromatic heterocycles. The van der Waals surface area contributed by atoms with Crippen molar-refractivity contribution in [3.8, 4) is 0 Å². The normalized spacial score (nSPS) is 25.6. The second-order valence-electron chi connectivity index (χ2n) is 8.94. The van der Waals surface area contributed by atoms with E-state index in [0.717, 1.165) is 6.08 Å². The fourth-order valence-electron chi connectivity index (χ4n) is 4.24. The van der Waals surface area contributed by atoms with Crippen LogP contribution in [0.3, 0.4) is 0 Å². The lowest BCUT2D eigenvalue weighted by molar-refractivity contribution is -0.357. The Bertz CT molecular complexity index is 887. The van der Waals surface area contributed by atoms with Gasteiger partial charge >= 0.3 is 42.0 Å². The average Bonchev–Trinajstić information content (AvgIpc) is 3.26. The summed E-state index contributed by atoms with van der Waals surface area (Å²) in [4.78, 5) is 12.1. The summed E-state index contributed by atoms with van der Waals surface area (Å²) < 4.78 is 216. The number of carbonyl (C=O) groups excluding carboxylic acids is 1. The molecule has 0 spiro atoms. The molecule has 0 saturated heterocycles. The molecule has 18 heteroatoms. The summed E-state index contributed by atoms with van der Waals surface area (Å²) in [6.07, 6.45) is -20.5. The predicted octanol–water partition coefficient (Wildman–Crippen LogP) is 7.58. The first kappa shape index (κ1) is 31.3. The predicted molar refractivity (Wildman–Crippen MR) is 89.4 cm³/mol. The van der Waals surface area contributed by atoms with Gasteiger partial charge in [0.15, 0.2) is 5.41 Å². The van der Waals surface area contributed by atoms with Crippen molar-refractivity contribution < 1.29 is 79.8 Å². The minimum absolute atomic E-state index is 0.131. The molecule has 0 radical (unpaired) electrons. The number of carbonyl (C=O) groups is 1. The molecule has 2 bridgehead atoms. The van der Waals surface area contributed by atoms with Crippen LogP contribution >= 0.6 is 0 Å². The number of rotatable bonds is 10. The number of hydrogen-bond acceptors (Lipinski definition) is 2. The summed E-state index contributed by atoms with van der Waals surface area (Å²) in [6.45, 7) is -1.77. The highest BCUT2D eigenvalue weighted by atomic mass is 19.4. The van der Waals surface area contributed by atoms with Crippen molar-refractivity contribution in [3.63, 3.8) is 0 Å². The van der Waals surface area contributed by atoms with Gasteiger partial charge in [-0.15, -0.1) is 0 Å². The van der Waals surface area contributed by atoms with Crippen molar-refractivity contribution in [1.29, 1.82) is 0 Å². The Morgan fingerprint density at radius 3 is 1.68 bits per heavy atom. The molecule has 0 aromatic rings. The van der Waals surface area contributed by atoms with Gasteiger partial charge in [-0.1, -0.05) is 12.2 Å². The van der Waals surface area contributed by atoms with Gasteiger partial charge in [-0.2, -0.15) is 61.5 Å². The molecule has 0 aliphatic heterocycles. The van der Waals surface area contributed by atoms with Crippen LogP contribution in [-0.2, 0) is 9.53 Å². The Balaban J connectivity index is 2.09. The zero-order chi connectivity index (χ0) is 29.1. The number of ether oxygens (including phenoxy) is 1. The summed E-state index contributed by atoms with van der Waals surface area (Å²) in [7, 11) is 0. The minimum atomic E-state index is -7.15. The monoisotopic (exact) mass is 580 g/mol. The molecule has 37 heavy (non-hydrogen) atoms. The third-order valence-electron chi connectivity index (χ3n) is 6.22. The minimum Gasteiger partial charge on any atom is -0.465 e. The molecule has 0 N–H and O–H groups in total. The molecule has 2 nitrogen and oxygen atoms in total. The van der Waals surface area contributed by atoms with Gasteiger partial charge in [0.2, 0.25) is 0 Å². The van der Waals surface area contributed by atoms with E-state index in [1.807, 2.05) is 0 Å². The van der Waals surface area contributed by atoms with Crippen molar-refractivity contribution in [2.45, 2.75) is 74.1 Å². The Kier molecular flexibility index (Phi) is 7.69. The van der Waals surface area contributed by atoms with Gasteiger partial charge in [-0.25, -0.2) is 8.78 Å². The van der Waals surface area contributed by atoms with Gasteiger partial charge in [0.1, 0.15) is 0 Å². The number of alkyl halides is 16. The van der Waals surface area contributed by atoms with Crippen molar-refractivity contribution in [1.82, 2.24) is 0 Å². The van der Waals surface area contributed by atoms with Crippen LogP contribution in [0.25, 0.3) is 0 Å². The highest BCUT2D eigenvalue weighted by Gasteiger charge is 2.77. The summed E-state index contributed by atoms with van der Waals surface area (Å²) >= 11 is 0. The maximum atomic E-state index is 13.9. The molecule has 1 saturated carbocycles. The molecular weight excluding hydrogens is 564 g/mol. The maximum Gasteiger partial charge on any atom is 0.453 e. The average molecular weight is 580 g/mol. The van der Waals surface area contributed by atoms with E-state index in [9.17, 15) is 75.0 Å². The molecule has 1 fully saturated rings. The zero-order valence-electron chi connectivity index (χ0n) is 17.9. The fourth-order valence-corrected chi connectivity index (χ4v) is 4.24. The number of esters is 1. The van der Waals surface area contributed by atoms with Crippen molar-refractivity contribution in [3.05, 3.63) is 12.2 Å². The Morgan fingerprint density at radius 2 is 1.27 bits per heavy atom. The highest BCUT2D eigenvalue weighted by molar-refractivity contribution is 5.79. The van der Waals surface area contributed by atoms with Gasteiger partial charge in [0, 0.05) is 12.3 Å². The van der Waals surface area contributed by atoms with Crippen LogP contribution < -0.4 is 0 Å². The number of hydrogen-bond donors (Lipinski definition) is 0. The molecule has 2 aliphatic carbocycles. The van der Waals surface area contributed by atoms with E-state index in [1.54, 1.807) is 0 Å². The second kappa shape index (κ2) is 9.09. The Morgan fingerprint density at radius 1 is 0.757 bits per heavy atom. The SMILES string of the molecule is O=C(OCCC(F)(F)CC(F)(F)C(F)(F)C(F)(F)CC(F)(F)C(F)(F)F)C1(C(F)(F)F)CC2C=CC1C2. The van der Waals surface area contributed by atoms with Crippen LogP contribution in [0.5, 0.6) is 0 Å². The lowest BCUT2D eigenvalue weighted by Gasteiger charge is -2.36. The van der Waals surface area contributed by atoms with Crippen LogP contribution in [-0.4, -0.2) is 54.5 Å². The van der Waals surface area contributed by atoms with Gasteiger partial charge < -0.3 is 4.74 Å². The van der Waals surface area contributed by atoms with Gasteiger partial charge in [0.05, 0.1) is 19.4 Å². The Labute approximate surface area is 197 Å². The lowest BCUT2D eigenvalue weighted by Crippen LogP contribution is -2.58. The molecule has 0 aromatic carbocycles. The van der Waals surface area contributed by atoms with Gasteiger partial charge in [0.25, 0.3) is 5.92 Å². The quantitative estimate of drug-likeness (QED) is 0.151. The zero-order valence-corrected chi connectivity index (χ0v) is 17.9. The molecule has 3 atom stereocenters. The first-order chi connectivity index (χ1) is 16.2. The van der Waals surface area contributed by atoms with Crippen LogP contribution in [0.1, 0.15) is 32.1 Å². The van der Waals surface area contributed by atoms with Crippen LogP contribution in [0.2, 0.25) is 0 Å². The van der Waals surface area contributed by atoms with Crippen LogP contribution in [0.4, 0.5) is 70.2 Å². The van der Waals surface area contributed by atoms with E-state index < -0.39 is 97.5 Å². The fraction of sp³-hybridized carbons (Fsp3) is 0.842. The molecule has 216 valence electrons. The summed E-state index contributed by atoms with van der Waals surface area (Å²) in [5.74, 6) is -36.5. The Hall–Kier alpha value is -1.91. The highest BCUT2D eigenvalue weighted by Crippen LogP contribution is 2.60. The first-order valence-corrected chi connectivity index (χ1v) is 10.1. The lowest BCUT2D eigenvalue weighted by atomic mass is 9.75. The topological polar surface area (TPSA) is 26.3 Å². The third kappa shape index (κ3) is 5.61. The van der Waals surface area contributed by atoms with Crippen molar-refractivity contribution in [2.75, 3.05) is 6.61 Å². The number of allylic oxidation sites excluding steroid dienone is 2. The van der Waals surface area contributed by atoms with E-state index in [-0.39, 0.29) is 6.42 Å². The number of fused-ring (bicyclic) bond motifs is 2. The van der Waals surface area contributed by atoms with Crippen LogP contribution in [0.15, 0.2) is 12.2 Å². The van der Waals surface area contributed by atoms with E-state index >= 15 is 0 Å². The standard InChI is InChI=1S/C19H16F16O2/c20-12(21,3-4-37-11(36)13(18(30,31)32)6-9-1-2-10(13)5-9)7-14(22,23)17(28,29)15(24,25)8-16(26,27)19(33,34)35/h1-2,9-10H,3-8H2. The van der Waals surface area contributed by atoms with Gasteiger partial charge in [-0.05, 0) is 18.8 Å². The molecule has 2 aliphatic rings. The second-order valence-corrected chi connectivity index (χ2v) is 8.94. The van der Waals surface area contributed by atoms with Gasteiger partial charge in [-0.3, -0.25) is 4.79 Å². The van der Waals surface area contributed by atoms with E-state index in [1.165, 1.54) is 6.08 Å².